The second kappa shape index (κ2) is 11.0. The summed E-state index contributed by atoms with van der Waals surface area (Å²) in [4.78, 5) is 19.8. The average Bonchev–Trinajstić information content (AvgIpc) is 3.36. The van der Waals surface area contributed by atoms with Crippen molar-refractivity contribution >= 4 is 40.0 Å². The van der Waals surface area contributed by atoms with Crippen molar-refractivity contribution in [2.45, 2.75) is 0 Å². The highest BCUT2D eigenvalue weighted by molar-refractivity contribution is 9.10. The molecule has 0 unspecified atom stereocenters. The molecule has 0 aliphatic carbocycles. The molecule has 186 valence electrons. The summed E-state index contributed by atoms with van der Waals surface area (Å²) in [7, 11) is 0. The van der Waals surface area contributed by atoms with Crippen molar-refractivity contribution in [1.29, 1.82) is 0 Å². The van der Waals surface area contributed by atoms with Crippen molar-refractivity contribution in [3.8, 4) is 28.1 Å². The highest BCUT2D eigenvalue weighted by Crippen LogP contribution is 2.27. The third-order valence-electron chi connectivity index (χ3n) is 5.68. The number of non-ortho nitro benzene ring substituents is 1. The number of benzene rings is 4. The highest BCUT2D eigenvalue weighted by Gasteiger charge is 2.10. The van der Waals surface area contributed by atoms with Gasteiger partial charge in [-0.2, -0.15) is 5.10 Å². The average molecular weight is 566 g/mol. The normalized spacial score (nSPS) is 11.4. The first kappa shape index (κ1) is 24.8. The summed E-state index contributed by atoms with van der Waals surface area (Å²) >= 11 is 3.40. The van der Waals surface area contributed by atoms with E-state index in [9.17, 15) is 15.2 Å². The number of nitro benzene ring substituents is 1. The molecule has 0 amide bonds. The smallest absolute Gasteiger partial charge is 0.270 e. The Kier molecular flexibility index (Phi) is 7.19. The van der Waals surface area contributed by atoms with E-state index in [1.165, 1.54) is 29.2 Å². The number of halogens is 1. The van der Waals surface area contributed by atoms with Gasteiger partial charge in [-0.15, -0.1) is 0 Å². The third-order valence-corrected chi connectivity index (χ3v) is 6.17. The van der Waals surface area contributed by atoms with Crippen LogP contribution >= 0.6 is 15.9 Å². The molecule has 0 radical (unpaired) electrons. The molecule has 1 heterocycles. The molecule has 0 saturated carbocycles. The van der Waals surface area contributed by atoms with Crippen molar-refractivity contribution in [2.75, 3.05) is 0 Å². The maximum atomic E-state index is 11.1. The quantitative estimate of drug-likeness (QED) is 0.127. The standard InChI is InChI=1S/C29H20BrN5O3/c30-25-13-14-28(36)24(16-25)18-31-29-33-27(23-11-9-22(10-12-23)21-6-2-1-3-7-21)19-34(29)32-17-20-5-4-8-26(15-20)35(37)38/h1-19,36H/b31-18?,32-17-. The Morgan fingerprint density at radius 2 is 1.61 bits per heavy atom. The van der Waals surface area contributed by atoms with Gasteiger partial charge in [-0.1, -0.05) is 82.7 Å². The van der Waals surface area contributed by atoms with Gasteiger partial charge in [0.05, 0.1) is 23.0 Å². The second-order valence-corrected chi connectivity index (χ2v) is 9.19. The summed E-state index contributed by atoms with van der Waals surface area (Å²) in [6.07, 6.45) is 4.75. The van der Waals surface area contributed by atoms with Gasteiger partial charge in [0.2, 0.25) is 0 Å². The Morgan fingerprint density at radius 3 is 2.37 bits per heavy atom. The number of aliphatic imine (C=N–C) groups is 1. The van der Waals surface area contributed by atoms with E-state index >= 15 is 0 Å². The third kappa shape index (κ3) is 5.74. The first-order chi connectivity index (χ1) is 18.5. The molecule has 0 spiro atoms. The fourth-order valence-corrected chi connectivity index (χ4v) is 4.12. The topological polar surface area (TPSA) is 106 Å². The monoisotopic (exact) mass is 565 g/mol. The first-order valence-electron chi connectivity index (χ1n) is 11.5. The van der Waals surface area contributed by atoms with Crippen LogP contribution in [0.1, 0.15) is 11.1 Å². The number of aromatic hydroxyl groups is 1. The number of nitro groups is 1. The van der Waals surface area contributed by atoms with Gasteiger partial charge in [0, 0.05) is 39.5 Å². The van der Waals surface area contributed by atoms with Crippen molar-refractivity contribution in [3.05, 3.63) is 129 Å². The molecule has 5 aromatic rings. The minimum Gasteiger partial charge on any atom is -0.507 e. The van der Waals surface area contributed by atoms with Crippen molar-refractivity contribution in [1.82, 2.24) is 9.66 Å². The number of hydrogen-bond donors (Lipinski definition) is 1. The molecule has 0 aliphatic rings. The van der Waals surface area contributed by atoms with Crippen molar-refractivity contribution in [3.63, 3.8) is 0 Å². The molecule has 9 heteroatoms. The summed E-state index contributed by atoms with van der Waals surface area (Å²) in [5.41, 5.74) is 4.75. The number of nitrogens with zero attached hydrogens (tertiary/aromatic N) is 5. The summed E-state index contributed by atoms with van der Waals surface area (Å²) in [5.74, 6) is 0.347. The molecule has 0 aliphatic heterocycles. The van der Waals surface area contributed by atoms with Crippen LogP contribution in [0.25, 0.3) is 22.4 Å². The van der Waals surface area contributed by atoms with Crippen LogP contribution in [0.2, 0.25) is 0 Å². The minimum atomic E-state index is -0.452. The van der Waals surface area contributed by atoms with E-state index in [4.69, 9.17) is 0 Å². The van der Waals surface area contributed by atoms with Gasteiger partial charge in [0.1, 0.15) is 5.75 Å². The predicted octanol–water partition coefficient (Wildman–Crippen LogP) is 7.23. The Hall–Kier alpha value is -4.89. The van der Waals surface area contributed by atoms with Crippen LogP contribution in [0.3, 0.4) is 0 Å². The summed E-state index contributed by atoms with van der Waals surface area (Å²) in [6, 6.07) is 29.3. The number of imidazole rings is 1. The molecule has 0 saturated heterocycles. The van der Waals surface area contributed by atoms with Gasteiger partial charge >= 0.3 is 0 Å². The Balaban J connectivity index is 1.51. The van der Waals surface area contributed by atoms with Gasteiger partial charge in [0.25, 0.3) is 11.6 Å². The zero-order valence-corrected chi connectivity index (χ0v) is 21.4. The summed E-state index contributed by atoms with van der Waals surface area (Å²) < 4.78 is 2.29. The van der Waals surface area contributed by atoms with Gasteiger partial charge < -0.3 is 5.11 Å². The Bertz CT molecular complexity index is 1660. The summed E-state index contributed by atoms with van der Waals surface area (Å²) in [6.45, 7) is 0. The van der Waals surface area contributed by atoms with Gasteiger partial charge in [-0.25, -0.2) is 14.7 Å². The molecule has 38 heavy (non-hydrogen) atoms. The van der Waals surface area contributed by atoms with Crippen LogP contribution in [0.5, 0.6) is 5.75 Å². The predicted molar refractivity (Wildman–Crippen MR) is 152 cm³/mol. The lowest BCUT2D eigenvalue weighted by Gasteiger charge is -2.02. The Labute approximate surface area is 226 Å². The fraction of sp³-hybridized carbons (Fsp3) is 0. The van der Waals surface area contributed by atoms with Crippen molar-refractivity contribution in [2.24, 2.45) is 10.1 Å². The van der Waals surface area contributed by atoms with E-state index in [0.717, 1.165) is 21.2 Å². The van der Waals surface area contributed by atoms with Crippen LogP contribution in [-0.2, 0) is 0 Å². The molecule has 8 nitrogen and oxygen atoms in total. The highest BCUT2D eigenvalue weighted by atomic mass is 79.9. The van der Waals surface area contributed by atoms with Gasteiger partial charge in [-0.05, 0) is 29.3 Å². The molecule has 1 N–H and O–H groups in total. The molecular formula is C29H20BrN5O3. The second-order valence-electron chi connectivity index (χ2n) is 8.27. The lowest BCUT2D eigenvalue weighted by Crippen LogP contribution is -1.92. The SMILES string of the molecule is O=[N+]([O-])c1cccc(/C=N\n2cc(-c3ccc(-c4ccccc4)cc3)nc2N=Cc2cc(Br)ccc2O)c1. The van der Waals surface area contributed by atoms with E-state index in [0.29, 0.717) is 16.8 Å². The zero-order valence-electron chi connectivity index (χ0n) is 19.8. The van der Waals surface area contributed by atoms with E-state index in [-0.39, 0.29) is 17.4 Å². The number of phenols is 1. The largest absolute Gasteiger partial charge is 0.507 e. The van der Waals surface area contributed by atoms with E-state index in [1.807, 2.05) is 42.5 Å². The molecule has 1 aromatic heterocycles. The number of phenolic OH excluding ortho intramolecular Hbond substituents is 1. The molecule has 4 aromatic carbocycles. The Morgan fingerprint density at radius 1 is 0.868 bits per heavy atom. The van der Waals surface area contributed by atoms with Crippen LogP contribution in [0.4, 0.5) is 11.6 Å². The van der Waals surface area contributed by atoms with E-state index in [2.05, 4.69) is 43.1 Å². The molecule has 5 rings (SSSR count). The van der Waals surface area contributed by atoms with Crippen LogP contribution < -0.4 is 0 Å². The van der Waals surface area contributed by atoms with Gasteiger partial charge in [0.15, 0.2) is 0 Å². The lowest BCUT2D eigenvalue weighted by atomic mass is 10.0. The number of hydrogen-bond acceptors (Lipinski definition) is 6. The fourth-order valence-electron chi connectivity index (χ4n) is 3.74. The van der Waals surface area contributed by atoms with Crippen LogP contribution in [-0.4, -0.2) is 32.1 Å². The lowest BCUT2D eigenvalue weighted by molar-refractivity contribution is -0.384. The molecule has 0 bridgehead atoms. The van der Waals surface area contributed by atoms with Gasteiger partial charge in [-0.3, -0.25) is 10.1 Å². The first-order valence-corrected chi connectivity index (χ1v) is 12.3. The van der Waals surface area contributed by atoms with E-state index in [1.54, 1.807) is 36.5 Å². The number of rotatable bonds is 7. The molecule has 0 atom stereocenters. The van der Waals surface area contributed by atoms with Crippen LogP contribution in [0, 0.1) is 10.1 Å². The number of aromatic nitrogens is 2. The summed E-state index contributed by atoms with van der Waals surface area (Å²) in [5, 5.41) is 25.8. The maximum absolute atomic E-state index is 11.1. The van der Waals surface area contributed by atoms with E-state index < -0.39 is 4.92 Å². The van der Waals surface area contributed by atoms with Crippen LogP contribution in [0.15, 0.2) is 118 Å². The molecule has 0 fully saturated rings. The zero-order chi connectivity index (χ0) is 26.5. The maximum Gasteiger partial charge on any atom is 0.270 e. The molecular weight excluding hydrogens is 546 g/mol. The minimum absolute atomic E-state index is 0.0258. The van der Waals surface area contributed by atoms with Crippen molar-refractivity contribution < 1.29 is 10.0 Å².